The fourth-order valence-electron chi connectivity index (χ4n) is 14.5. The molecule has 17 bridgehead atoms. The van der Waals surface area contributed by atoms with Crippen LogP contribution >= 0.6 is 23.2 Å². The quantitative estimate of drug-likeness (QED) is 0.0281. The molecular formula is C85H100Cl2N12O20. The van der Waals surface area contributed by atoms with Crippen LogP contribution < -0.4 is 68.2 Å². The number of carbonyl (C=O) groups is 9. The second-order valence-electron chi connectivity index (χ2n) is 31.2. The minimum atomic E-state index is -2.26. The lowest BCUT2D eigenvalue weighted by atomic mass is 9.87. The molecule has 7 aromatic rings. The summed E-state index contributed by atoms with van der Waals surface area (Å²) in [6.45, 7) is 7.22. The molecule has 0 saturated carbocycles. The summed E-state index contributed by atoms with van der Waals surface area (Å²) < 4.78 is 24.5. The van der Waals surface area contributed by atoms with Gasteiger partial charge in [-0.15, -0.1) is 0 Å². The van der Waals surface area contributed by atoms with Gasteiger partial charge in [-0.2, -0.15) is 0 Å². The van der Waals surface area contributed by atoms with Crippen molar-refractivity contribution in [1.29, 1.82) is 0 Å². The van der Waals surface area contributed by atoms with Gasteiger partial charge in [-0.05, 0) is 191 Å². The summed E-state index contributed by atoms with van der Waals surface area (Å²) in [6.07, 6.45) is 5.15. The topological polar surface area (TPSA) is 487 Å². The molecule has 6 heterocycles. The van der Waals surface area contributed by atoms with Crippen molar-refractivity contribution in [2.75, 3.05) is 40.3 Å². The highest BCUT2D eigenvalue weighted by Crippen LogP contribution is 2.50. The first kappa shape index (κ1) is 88.0. The number of carbonyl (C=O) groups excluding carboxylic acids is 9. The van der Waals surface area contributed by atoms with Gasteiger partial charge < -0.3 is 118 Å². The summed E-state index contributed by atoms with van der Waals surface area (Å²) in [7, 11) is 3.62. The van der Waals surface area contributed by atoms with Crippen LogP contribution in [0.1, 0.15) is 186 Å². The van der Waals surface area contributed by atoms with Crippen molar-refractivity contribution in [1.82, 2.24) is 52.3 Å². The molecule has 6 aliphatic heterocycles. The lowest BCUT2D eigenvalue weighted by Crippen LogP contribution is -2.56. The summed E-state index contributed by atoms with van der Waals surface area (Å²) in [6, 6.07) is 6.00. The first-order valence-electron chi connectivity index (χ1n) is 39.4. The number of aliphatic hydroxyl groups is 1. The number of fused-ring (bicyclic) bond motifs is 14. The first-order valence-corrected chi connectivity index (χ1v) is 40.2. The zero-order valence-corrected chi connectivity index (χ0v) is 68.1. The third-order valence-corrected chi connectivity index (χ3v) is 21.3. The van der Waals surface area contributed by atoms with E-state index in [2.05, 4.69) is 49.5 Å². The Morgan fingerprint density at radius 1 is 0.580 bits per heavy atom. The van der Waals surface area contributed by atoms with Gasteiger partial charge in [0.2, 0.25) is 53.0 Å². The zero-order valence-electron chi connectivity index (χ0n) is 66.6. The molecule has 2 unspecified atom stereocenters. The van der Waals surface area contributed by atoms with E-state index in [4.69, 9.17) is 53.6 Å². The van der Waals surface area contributed by atoms with E-state index in [9.17, 15) is 45.3 Å². The van der Waals surface area contributed by atoms with Gasteiger partial charge in [-0.1, -0.05) is 106 Å². The third-order valence-electron chi connectivity index (χ3n) is 20.7. The number of aromatic hydroxyl groups is 6. The van der Waals surface area contributed by atoms with Gasteiger partial charge in [-0.25, -0.2) is 4.79 Å². The highest BCUT2D eigenvalue weighted by atomic mass is 35.5. The Bertz CT molecular complexity index is 5010. The second kappa shape index (κ2) is 38.7. The molecule has 6 aliphatic rings. The Hall–Kier alpha value is -11.8. The number of nitrogens with zero attached hydrogens (tertiary/aromatic N) is 2. The maximum absolute atomic E-state index is 16.4. The van der Waals surface area contributed by atoms with E-state index in [1.54, 1.807) is 20.8 Å². The van der Waals surface area contributed by atoms with Gasteiger partial charge in [0.1, 0.15) is 94.2 Å². The van der Waals surface area contributed by atoms with Crippen LogP contribution in [0.5, 0.6) is 69.0 Å². The molecule has 119 heavy (non-hydrogen) atoms. The van der Waals surface area contributed by atoms with Gasteiger partial charge in [-0.3, -0.25) is 38.4 Å². The van der Waals surface area contributed by atoms with Gasteiger partial charge in [0, 0.05) is 36.7 Å². The maximum atomic E-state index is 16.4. The molecule has 7 aromatic carbocycles. The van der Waals surface area contributed by atoms with Gasteiger partial charge >= 0.3 is 6.09 Å². The van der Waals surface area contributed by atoms with Crippen LogP contribution in [0.25, 0.3) is 11.1 Å². The van der Waals surface area contributed by atoms with E-state index < -0.39 is 183 Å². The normalized spacial score (nSPS) is 19.5. The number of unbranched alkanes of at least 4 members (excludes halogenated alkanes) is 8. The van der Waals surface area contributed by atoms with E-state index in [1.165, 1.54) is 59.5 Å². The van der Waals surface area contributed by atoms with Crippen LogP contribution in [-0.2, 0) is 56.1 Å². The maximum Gasteiger partial charge on any atom is 0.408 e. The number of nitrogens with one attached hydrogen (secondary N) is 8. The Labute approximate surface area is 696 Å². The van der Waals surface area contributed by atoms with Crippen LogP contribution in [0.3, 0.4) is 0 Å². The summed E-state index contributed by atoms with van der Waals surface area (Å²) >= 11 is 14.1. The number of rotatable bonds is 22. The Morgan fingerprint density at radius 3 is 1.84 bits per heavy atom. The molecule has 32 nitrogen and oxygen atoms in total. The smallest absolute Gasteiger partial charge is 0.408 e. The molecule has 0 spiro atoms. The van der Waals surface area contributed by atoms with E-state index in [-0.39, 0.29) is 97.1 Å². The minimum Gasteiger partial charge on any atom is -0.508 e. The SMILES string of the molecule is CCCCCCCCCCN(Cc1c(O)cc2c(c1O)-c1cc(ccc1O)[C@@H]1NC(=O)[C@H]3NC(=O)[C@H]4NC(=O)[C@H](Cc5ccc(c(Cl)c5)Oc5cc3cc(c5O)Oc3ccc(cc3Cl)C(O)[C@H](NC1=O)C(=O)N[C@@H]2C(=O)NCCCN(C)C)NC(=O)[C@@H](NC(=O)OC(C)(C)C)c1ccc(O)c(c1)Oc1cc(O)cc4c1)C(=O)C(N)CCCCN. The predicted octanol–water partition coefficient (Wildman–Crippen LogP) is 9.46. The number of benzene rings is 7. The molecule has 34 heteroatoms. The van der Waals surface area contributed by atoms with Crippen LogP contribution in [0, 0.1) is 0 Å². The summed E-state index contributed by atoms with van der Waals surface area (Å²) in [5, 5.41) is 107. The third kappa shape index (κ3) is 21.6. The summed E-state index contributed by atoms with van der Waals surface area (Å²) in [5.74, 6) is -15.3. The Morgan fingerprint density at radius 2 is 1.18 bits per heavy atom. The molecule has 19 N–H and O–H groups in total. The van der Waals surface area contributed by atoms with Crippen LogP contribution in [0.15, 0.2) is 109 Å². The van der Waals surface area contributed by atoms with Crippen molar-refractivity contribution >= 4 is 76.6 Å². The van der Waals surface area contributed by atoms with Crippen molar-refractivity contribution < 1.29 is 97.8 Å². The highest BCUT2D eigenvalue weighted by molar-refractivity contribution is 6.32. The average Bonchev–Trinajstić information content (AvgIpc) is 0.750. The van der Waals surface area contributed by atoms with Gasteiger partial charge in [0.25, 0.3) is 0 Å². The number of halogens is 2. The van der Waals surface area contributed by atoms with Crippen molar-refractivity contribution in [3.8, 4) is 80.1 Å². The predicted molar refractivity (Wildman–Crippen MR) is 438 cm³/mol. The number of aliphatic hydroxyl groups excluding tert-OH is 1. The lowest BCUT2D eigenvalue weighted by Gasteiger charge is -2.32. The Kier molecular flexibility index (Phi) is 28.6. The standard InChI is InChI=1S/C85H100Cl2N12O20/c1-7-8-9-10-11-12-13-16-30-99(83(114)56(89)18-14-15-27-88)42-53-60(103)41-52-66(74(53)105)51-35-44(20-23-58(51)101)67-79(110)96-72(82(113)95-71(52)77(108)90-28-17-29-98(5)6)73(104)46-22-26-62(55(87)36-46)118-65-39-48-38-64(75(65)106)117-61-25-19-43(31-54(61)86)32-57-76(107)92-69(80(111)94-70(48)81(112)93-67)47-33-49(100)40-50(34-47)116-63-37-45(21-24-59(63)102)68(78(109)91-57)97-84(115)119-85(2,3)4/h19-26,31,33-41,56-57,67-73,100-106H,7-18,27-30,32,42,88-89H2,1-6H3,(H,90,108)(H,91,109)(H,92,107)(H,93,112)(H,94,111)(H,95,113)(H,96,110)(H,97,115)/t56?,57-,67-,68-,69-,70-,71-,72-,73?/m0/s1. The van der Waals surface area contributed by atoms with Crippen molar-refractivity contribution in [2.45, 2.75) is 178 Å². The number of nitrogens with two attached hydrogens (primary N) is 2. The fourth-order valence-corrected chi connectivity index (χ4v) is 15.0. The number of phenolic OH excluding ortho intramolecular Hbond substituents is 6. The van der Waals surface area contributed by atoms with Gasteiger partial charge in [0.15, 0.2) is 23.0 Å². The lowest BCUT2D eigenvalue weighted by molar-refractivity contribution is -0.137. The molecule has 13 rings (SSSR count). The van der Waals surface area contributed by atoms with Crippen LogP contribution in [-0.4, -0.2) is 163 Å². The number of hydrogen-bond acceptors (Lipinski definition) is 23. The number of phenols is 6. The molecule has 0 aliphatic carbocycles. The van der Waals surface area contributed by atoms with Crippen LogP contribution in [0.4, 0.5) is 4.79 Å². The largest absolute Gasteiger partial charge is 0.508 e. The van der Waals surface area contributed by atoms with E-state index in [0.29, 0.717) is 45.2 Å². The average molecular weight is 1680 g/mol. The zero-order chi connectivity index (χ0) is 85.8. The van der Waals surface area contributed by atoms with Crippen LogP contribution in [0.2, 0.25) is 10.0 Å². The summed E-state index contributed by atoms with van der Waals surface area (Å²) in [5.41, 5.74) is 8.87. The summed E-state index contributed by atoms with van der Waals surface area (Å²) in [4.78, 5) is 142. The second-order valence-corrected chi connectivity index (χ2v) is 32.0. The van der Waals surface area contributed by atoms with E-state index >= 15 is 33.6 Å². The molecule has 9 amide bonds. The van der Waals surface area contributed by atoms with Gasteiger partial charge in [0.05, 0.1) is 28.2 Å². The van der Waals surface area contributed by atoms with E-state index in [1.807, 2.05) is 19.0 Å². The van der Waals surface area contributed by atoms with E-state index in [0.717, 1.165) is 93.1 Å². The Balaban J connectivity index is 1.11. The highest BCUT2D eigenvalue weighted by Gasteiger charge is 2.43. The molecule has 0 radical (unpaired) electrons. The molecule has 0 saturated heterocycles. The molecular weight excluding hydrogens is 1580 g/mol. The number of alkyl carbamates (subject to hydrolysis) is 1. The first-order chi connectivity index (χ1) is 56.7. The minimum absolute atomic E-state index is 0.0146. The fraction of sp³-hybridized carbons (Fsp3) is 0.400. The van der Waals surface area contributed by atoms with Crippen molar-refractivity contribution in [3.63, 3.8) is 0 Å². The van der Waals surface area contributed by atoms with Crippen molar-refractivity contribution in [2.24, 2.45) is 11.5 Å². The molecule has 0 fully saturated rings. The molecule has 9 atom stereocenters. The van der Waals surface area contributed by atoms with Crippen molar-refractivity contribution in [3.05, 3.63) is 164 Å². The number of amides is 9. The number of ether oxygens (including phenoxy) is 4. The monoisotopic (exact) mass is 1680 g/mol. The molecule has 0 aromatic heterocycles. The molecule has 634 valence electrons. The number of hydrogen-bond donors (Lipinski definition) is 17.